The molecule has 60 valence electrons. The van der Waals surface area contributed by atoms with Gasteiger partial charge in [-0.05, 0) is 0 Å². The molecule has 1 saturated heterocycles. The zero-order valence-electron chi connectivity index (χ0n) is 5.32. The quantitative estimate of drug-likeness (QED) is 0.516. The fraction of sp³-hybridized carbons (Fsp3) is 1.00. The van der Waals surface area contributed by atoms with Crippen LogP contribution in [0.1, 0.15) is 0 Å². The Balaban J connectivity index is 2.39. The zero-order chi connectivity index (χ0) is 7.61. The normalized spacial score (nSPS) is 23.1. The van der Waals surface area contributed by atoms with Crippen LogP contribution < -0.4 is 0 Å². The second-order valence-electron chi connectivity index (χ2n) is 2.07. The van der Waals surface area contributed by atoms with Gasteiger partial charge in [-0.3, -0.25) is 4.57 Å². The van der Waals surface area contributed by atoms with Crippen LogP contribution in [0.5, 0.6) is 0 Å². The Morgan fingerprint density at radius 1 is 1.10 bits per heavy atom. The summed E-state index contributed by atoms with van der Waals surface area (Å²) in [6.45, 7) is 2.39. The monoisotopic (exact) mass is 367 g/mol. The van der Waals surface area contributed by atoms with Gasteiger partial charge in [-0.15, -0.1) is 0 Å². The molecular weight excluding hydrogens is 362 g/mol. The Labute approximate surface area is 90.1 Å². The lowest BCUT2D eigenvalue weighted by atomic mass is 10.6. The second kappa shape index (κ2) is 4.27. The molecule has 1 fully saturated rings. The molecule has 0 aromatic heterocycles. The zero-order valence-corrected chi connectivity index (χ0v) is 11.9. The van der Waals surface area contributed by atoms with Crippen molar-refractivity contribution in [2.45, 2.75) is 0 Å². The molecule has 0 N–H and O–H groups in total. The Morgan fingerprint density at radius 3 is 1.90 bits per heavy atom. The van der Waals surface area contributed by atoms with E-state index in [4.69, 9.17) is 0 Å². The summed E-state index contributed by atoms with van der Waals surface area (Å²) < 4.78 is 0.949. The molecule has 1 heterocycles. The van der Waals surface area contributed by atoms with E-state index < -0.39 is 4.09 Å². The lowest BCUT2D eigenvalue weighted by Gasteiger charge is -2.31. The van der Waals surface area contributed by atoms with E-state index in [0.717, 1.165) is 0 Å². The molecule has 10 heavy (non-hydrogen) atoms. The largest absolute Gasteiger partial charge is 0.344 e. The van der Waals surface area contributed by atoms with Crippen LogP contribution in [0.2, 0.25) is 0 Å². The lowest BCUT2D eigenvalue weighted by Crippen LogP contribution is -2.44. The highest BCUT2D eigenvalue weighted by atomic mass is 80.0. The molecule has 1 aliphatic heterocycles. The maximum atomic E-state index is 3.63. The highest BCUT2D eigenvalue weighted by Crippen LogP contribution is 2.32. The van der Waals surface area contributed by atoms with E-state index in [2.05, 4.69) is 50.4 Å². The SMILES string of the molecule is Br[Si](Br)(Br)N1CCSCC1. The van der Waals surface area contributed by atoms with Gasteiger partial charge in [0.1, 0.15) is 0 Å². The Kier molecular flexibility index (Phi) is 4.29. The van der Waals surface area contributed by atoms with Crippen molar-refractivity contribution in [2.24, 2.45) is 0 Å². The predicted octanol–water partition coefficient (Wildman–Crippen LogP) is 2.66. The van der Waals surface area contributed by atoms with Crippen molar-refractivity contribution in [3.63, 3.8) is 0 Å². The highest BCUT2D eigenvalue weighted by Gasteiger charge is 2.32. The summed E-state index contributed by atoms with van der Waals surface area (Å²) in [6.07, 6.45) is 0. The summed E-state index contributed by atoms with van der Waals surface area (Å²) in [4.78, 5) is 0. The average Bonchev–Trinajstić information content (AvgIpc) is 1.88. The third-order valence-electron chi connectivity index (χ3n) is 1.37. The van der Waals surface area contributed by atoms with Gasteiger partial charge in [-0.2, -0.15) is 11.8 Å². The van der Waals surface area contributed by atoms with Crippen molar-refractivity contribution in [1.82, 2.24) is 4.57 Å². The van der Waals surface area contributed by atoms with E-state index >= 15 is 0 Å². The molecule has 0 atom stereocenters. The summed E-state index contributed by atoms with van der Waals surface area (Å²) in [6, 6.07) is 0. The smallest absolute Gasteiger partial charge is 0.297 e. The number of hydrogen-bond donors (Lipinski definition) is 0. The van der Waals surface area contributed by atoms with Crippen molar-refractivity contribution >= 4 is 61.7 Å². The molecule has 1 nitrogen and oxygen atoms in total. The van der Waals surface area contributed by atoms with Gasteiger partial charge >= 0.3 is 4.09 Å². The number of nitrogens with zero attached hydrogens (tertiary/aromatic N) is 1. The summed E-state index contributed by atoms with van der Waals surface area (Å²) in [5.41, 5.74) is 0. The molecule has 0 aliphatic carbocycles. The summed E-state index contributed by atoms with van der Waals surface area (Å²) in [7, 11) is 0. The minimum atomic E-state index is -1.50. The fourth-order valence-corrected chi connectivity index (χ4v) is 5.97. The van der Waals surface area contributed by atoms with E-state index in [0.29, 0.717) is 0 Å². The molecule has 1 rings (SSSR count). The maximum Gasteiger partial charge on any atom is 0.344 e. The number of thioether (sulfide) groups is 1. The van der Waals surface area contributed by atoms with Crippen molar-refractivity contribution in [3.05, 3.63) is 0 Å². The van der Waals surface area contributed by atoms with Crippen LogP contribution in [0.25, 0.3) is 0 Å². The third-order valence-corrected chi connectivity index (χ3v) is 7.99. The molecule has 0 amide bonds. The molecule has 1 aliphatic rings. The fourth-order valence-electron chi connectivity index (χ4n) is 0.817. The van der Waals surface area contributed by atoms with Gasteiger partial charge in [0.25, 0.3) is 0 Å². The first kappa shape index (κ1) is 10.1. The van der Waals surface area contributed by atoms with Crippen LogP contribution in [0.3, 0.4) is 0 Å². The second-order valence-corrected chi connectivity index (χ2v) is 24.8. The highest BCUT2D eigenvalue weighted by molar-refractivity contribution is 9.71. The van der Waals surface area contributed by atoms with E-state index in [9.17, 15) is 0 Å². The molecule has 0 bridgehead atoms. The third kappa shape index (κ3) is 3.14. The van der Waals surface area contributed by atoms with Crippen LogP contribution in [0, 0.1) is 0 Å². The molecule has 0 radical (unpaired) electrons. The lowest BCUT2D eigenvalue weighted by molar-refractivity contribution is 0.495. The van der Waals surface area contributed by atoms with Gasteiger partial charge in [0.05, 0.1) is 0 Å². The molecule has 0 unspecified atom stereocenters. The van der Waals surface area contributed by atoms with Gasteiger partial charge in [0.15, 0.2) is 0 Å². The summed E-state index contributed by atoms with van der Waals surface area (Å²) in [5, 5.41) is 0. The van der Waals surface area contributed by atoms with Gasteiger partial charge < -0.3 is 0 Å². The van der Waals surface area contributed by atoms with Crippen LogP contribution in [0.4, 0.5) is 0 Å². The summed E-state index contributed by atoms with van der Waals surface area (Å²) >= 11 is 12.9. The van der Waals surface area contributed by atoms with Crippen LogP contribution in [-0.4, -0.2) is 33.3 Å². The minimum Gasteiger partial charge on any atom is -0.297 e. The Bertz CT molecular complexity index is 112. The number of halogens is 3. The van der Waals surface area contributed by atoms with Crippen molar-refractivity contribution in [2.75, 3.05) is 24.6 Å². The topological polar surface area (TPSA) is 3.24 Å². The molecule has 0 aromatic rings. The van der Waals surface area contributed by atoms with E-state index in [1.165, 1.54) is 24.6 Å². The summed E-state index contributed by atoms with van der Waals surface area (Å²) in [5.74, 6) is 2.52. The van der Waals surface area contributed by atoms with Crippen LogP contribution >= 0.6 is 57.6 Å². The van der Waals surface area contributed by atoms with Gasteiger partial charge in [-0.1, -0.05) is 45.9 Å². The molecule has 0 saturated carbocycles. The van der Waals surface area contributed by atoms with Gasteiger partial charge in [-0.25, -0.2) is 0 Å². The first-order chi connectivity index (χ1) is 4.61. The first-order valence-electron chi connectivity index (χ1n) is 3.00. The average molecular weight is 370 g/mol. The minimum absolute atomic E-state index is 1.19. The van der Waals surface area contributed by atoms with Gasteiger partial charge in [0, 0.05) is 24.6 Å². The number of hydrogen-bond acceptors (Lipinski definition) is 2. The van der Waals surface area contributed by atoms with Crippen molar-refractivity contribution < 1.29 is 0 Å². The van der Waals surface area contributed by atoms with Crippen LogP contribution in [0.15, 0.2) is 0 Å². The molecule has 6 heteroatoms. The molecule has 0 aromatic carbocycles. The van der Waals surface area contributed by atoms with Crippen molar-refractivity contribution in [1.29, 1.82) is 0 Å². The number of rotatable bonds is 1. The van der Waals surface area contributed by atoms with E-state index in [1.54, 1.807) is 0 Å². The first-order valence-corrected chi connectivity index (χ1v) is 12.9. The van der Waals surface area contributed by atoms with Gasteiger partial charge in [0.2, 0.25) is 0 Å². The van der Waals surface area contributed by atoms with E-state index in [-0.39, 0.29) is 0 Å². The van der Waals surface area contributed by atoms with E-state index in [1.807, 2.05) is 11.8 Å². The maximum absolute atomic E-state index is 3.63. The standard InChI is InChI=1S/C4H8Br3NSSi/c5-10(6,7)8-1-3-9-4-2-8/h1-4H2. The van der Waals surface area contributed by atoms with Crippen LogP contribution in [-0.2, 0) is 0 Å². The molecular formula is C4H8Br3NSSi. The van der Waals surface area contributed by atoms with Crippen molar-refractivity contribution in [3.8, 4) is 0 Å². The Morgan fingerprint density at radius 2 is 1.60 bits per heavy atom. The predicted molar refractivity (Wildman–Crippen MR) is 61.4 cm³/mol. The Hall–Kier alpha value is 1.97. The molecule has 0 spiro atoms.